The van der Waals surface area contributed by atoms with Gasteiger partial charge in [0.2, 0.25) is 11.8 Å². The summed E-state index contributed by atoms with van der Waals surface area (Å²) in [6, 6.07) is 5.94. The summed E-state index contributed by atoms with van der Waals surface area (Å²) in [7, 11) is 0. The van der Waals surface area contributed by atoms with E-state index in [1.165, 1.54) is 12.0 Å². The van der Waals surface area contributed by atoms with Crippen LogP contribution in [0.25, 0.3) is 0 Å². The van der Waals surface area contributed by atoms with Gasteiger partial charge < -0.3 is 15.3 Å². The summed E-state index contributed by atoms with van der Waals surface area (Å²) < 4.78 is 0. The Balaban J connectivity index is 1.54. The molecule has 1 heterocycles. The smallest absolute Gasteiger partial charge is 0.227 e. The molecule has 1 aromatic rings. The first-order chi connectivity index (χ1) is 12.5. The highest BCUT2D eigenvalue weighted by Crippen LogP contribution is 2.28. The molecule has 0 aromatic heterocycles. The first-order valence-electron chi connectivity index (χ1n) is 9.79. The fourth-order valence-corrected chi connectivity index (χ4v) is 4.06. The lowest BCUT2D eigenvalue weighted by molar-refractivity contribution is -0.126. The van der Waals surface area contributed by atoms with Crippen LogP contribution in [0.2, 0.25) is 0 Å². The number of amides is 2. The van der Waals surface area contributed by atoms with Gasteiger partial charge in [-0.2, -0.15) is 0 Å². The van der Waals surface area contributed by atoms with Gasteiger partial charge in [-0.05, 0) is 55.9 Å². The molecule has 26 heavy (non-hydrogen) atoms. The third-order valence-electron chi connectivity index (χ3n) is 5.98. The van der Waals surface area contributed by atoms with E-state index in [9.17, 15) is 14.7 Å². The molecule has 0 spiro atoms. The number of nitrogens with one attached hydrogen (secondary N) is 1. The van der Waals surface area contributed by atoms with Crippen molar-refractivity contribution in [2.24, 2.45) is 11.8 Å². The van der Waals surface area contributed by atoms with Crippen molar-refractivity contribution in [1.82, 2.24) is 5.32 Å². The molecule has 1 saturated carbocycles. The van der Waals surface area contributed by atoms with Crippen molar-refractivity contribution in [3.05, 3.63) is 29.3 Å². The molecule has 142 valence electrons. The Morgan fingerprint density at radius 1 is 1.23 bits per heavy atom. The molecule has 1 aromatic carbocycles. The van der Waals surface area contributed by atoms with Crippen molar-refractivity contribution in [2.75, 3.05) is 18.0 Å². The van der Waals surface area contributed by atoms with Gasteiger partial charge in [0.15, 0.2) is 0 Å². The van der Waals surface area contributed by atoms with Crippen LogP contribution in [0.1, 0.15) is 49.7 Å². The molecular formula is C21H30N2O3. The van der Waals surface area contributed by atoms with Crippen LogP contribution >= 0.6 is 0 Å². The summed E-state index contributed by atoms with van der Waals surface area (Å²) in [5, 5.41) is 13.2. The minimum absolute atomic E-state index is 0.0127. The number of aryl methyl sites for hydroxylation is 2. The van der Waals surface area contributed by atoms with Crippen molar-refractivity contribution in [1.29, 1.82) is 0 Å². The quantitative estimate of drug-likeness (QED) is 0.850. The third kappa shape index (κ3) is 4.26. The molecule has 0 bridgehead atoms. The molecule has 2 fully saturated rings. The lowest BCUT2D eigenvalue weighted by Crippen LogP contribution is -2.40. The van der Waals surface area contributed by atoms with E-state index in [4.69, 9.17) is 0 Å². The van der Waals surface area contributed by atoms with E-state index >= 15 is 0 Å². The molecule has 5 nitrogen and oxygen atoms in total. The van der Waals surface area contributed by atoms with Gasteiger partial charge >= 0.3 is 0 Å². The van der Waals surface area contributed by atoms with Gasteiger partial charge in [0.25, 0.3) is 0 Å². The summed E-state index contributed by atoms with van der Waals surface area (Å²) in [5.41, 5.74) is 3.18. The highest BCUT2D eigenvalue weighted by atomic mass is 16.3. The van der Waals surface area contributed by atoms with Gasteiger partial charge in [0, 0.05) is 25.2 Å². The molecule has 2 atom stereocenters. The number of benzene rings is 1. The minimum atomic E-state index is -0.479. The number of carbonyl (C=O) groups excluding carboxylic acids is 2. The van der Waals surface area contributed by atoms with Crippen molar-refractivity contribution < 1.29 is 14.7 Å². The summed E-state index contributed by atoms with van der Waals surface area (Å²) in [4.78, 5) is 26.5. The highest BCUT2D eigenvalue weighted by Gasteiger charge is 2.35. The second-order valence-electron chi connectivity index (χ2n) is 7.88. The second kappa shape index (κ2) is 8.21. The number of rotatable bonds is 5. The second-order valence-corrected chi connectivity index (χ2v) is 7.88. The van der Waals surface area contributed by atoms with Crippen LogP contribution in [0.15, 0.2) is 18.2 Å². The zero-order valence-electron chi connectivity index (χ0n) is 15.8. The Kier molecular flexibility index (Phi) is 5.97. The first-order valence-corrected chi connectivity index (χ1v) is 9.79. The number of aliphatic hydroxyl groups is 1. The Morgan fingerprint density at radius 2 is 1.96 bits per heavy atom. The van der Waals surface area contributed by atoms with Gasteiger partial charge in [0.1, 0.15) is 0 Å². The zero-order chi connectivity index (χ0) is 18.7. The molecule has 2 aliphatic rings. The monoisotopic (exact) mass is 358 g/mol. The van der Waals surface area contributed by atoms with E-state index in [2.05, 4.69) is 5.32 Å². The average Bonchev–Trinajstić information content (AvgIpc) is 3.04. The molecular weight excluding hydrogens is 328 g/mol. The van der Waals surface area contributed by atoms with E-state index in [0.717, 1.165) is 36.9 Å². The van der Waals surface area contributed by atoms with Crippen LogP contribution in [0.5, 0.6) is 0 Å². The summed E-state index contributed by atoms with van der Waals surface area (Å²) in [6.07, 6.45) is 5.41. The van der Waals surface area contributed by atoms with E-state index in [1.807, 2.05) is 32.0 Å². The Hall–Kier alpha value is -1.88. The molecule has 1 aliphatic heterocycles. The molecule has 1 aliphatic carbocycles. The van der Waals surface area contributed by atoms with E-state index in [0.29, 0.717) is 12.5 Å². The molecule has 1 saturated heterocycles. The molecule has 0 radical (unpaired) electrons. The van der Waals surface area contributed by atoms with Gasteiger partial charge in [-0.3, -0.25) is 9.59 Å². The third-order valence-corrected chi connectivity index (χ3v) is 5.98. The Morgan fingerprint density at radius 3 is 2.65 bits per heavy atom. The summed E-state index contributed by atoms with van der Waals surface area (Å²) >= 11 is 0. The number of anilines is 1. The SMILES string of the molecule is Cc1ccc(N2C[C@@H](C(=O)NC[C@@H](O)C3CCCCC3)CC2=O)cc1C. The summed E-state index contributed by atoms with van der Waals surface area (Å²) in [5.74, 6) is -0.190. The van der Waals surface area contributed by atoms with Gasteiger partial charge in [-0.15, -0.1) is 0 Å². The number of hydrogen-bond donors (Lipinski definition) is 2. The lowest BCUT2D eigenvalue weighted by atomic mass is 9.85. The van der Waals surface area contributed by atoms with E-state index in [1.54, 1.807) is 4.90 Å². The van der Waals surface area contributed by atoms with Crippen molar-refractivity contribution >= 4 is 17.5 Å². The molecule has 0 unspecified atom stereocenters. The molecule has 2 amide bonds. The number of aliphatic hydroxyl groups excluding tert-OH is 1. The zero-order valence-corrected chi connectivity index (χ0v) is 15.8. The van der Waals surface area contributed by atoms with Crippen LogP contribution in [0.3, 0.4) is 0 Å². The fourth-order valence-electron chi connectivity index (χ4n) is 4.06. The number of carbonyl (C=O) groups is 2. The van der Waals surface area contributed by atoms with Crippen molar-refractivity contribution in [2.45, 2.75) is 58.5 Å². The van der Waals surface area contributed by atoms with E-state index < -0.39 is 6.10 Å². The van der Waals surface area contributed by atoms with E-state index in [-0.39, 0.29) is 30.7 Å². The van der Waals surface area contributed by atoms with Crippen LogP contribution in [-0.4, -0.2) is 36.1 Å². The molecule has 2 N–H and O–H groups in total. The normalized spacial score (nSPS) is 22.5. The highest BCUT2D eigenvalue weighted by molar-refractivity contribution is 6.00. The Bertz CT molecular complexity index is 667. The summed E-state index contributed by atoms with van der Waals surface area (Å²) in [6.45, 7) is 4.76. The predicted octanol–water partition coefficient (Wildman–Crippen LogP) is 2.71. The van der Waals surface area contributed by atoms with Gasteiger partial charge in [0.05, 0.1) is 12.0 Å². The maximum absolute atomic E-state index is 12.5. The maximum Gasteiger partial charge on any atom is 0.227 e. The average molecular weight is 358 g/mol. The van der Waals surface area contributed by atoms with Gasteiger partial charge in [-0.25, -0.2) is 0 Å². The van der Waals surface area contributed by atoms with Crippen molar-refractivity contribution in [3.8, 4) is 0 Å². The minimum Gasteiger partial charge on any atom is -0.391 e. The number of nitrogens with zero attached hydrogens (tertiary/aromatic N) is 1. The van der Waals surface area contributed by atoms with Crippen LogP contribution in [0.4, 0.5) is 5.69 Å². The van der Waals surface area contributed by atoms with Crippen LogP contribution in [0, 0.1) is 25.7 Å². The topological polar surface area (TPSA) is 69.6 Å². The standard InChI is InChI=1S/C21H30N2O3/c1-14-8-9-18(10-15(14)2)23-13-17(11-20(23)25)21(26)22-12-19(24)16-6-4-3-5-7-16/h8-10,16-17,19,24H,3-7,11-13H2,1-2H3,(H,22,26)/t17-,19+/m0/s1. The van der Waals surface area contributed by atoms with Crippen LogP contribution < -0.4 is 10.2 Å². The molecule has 5 heteroatoms. The Labute approximate surface area is 155 Å². The van der Waals surface area contributed by atoms with Crippen LogP contribution in [-0.2, 0) is 9.59 Å². The molecule has 3 rings (SSSR count). The lowest BCUT2D eigenvalue weighted by Gasteiger charge is -2.27. The first kappa shape index (κ1) is 18.9. The fraction of sp³-hybridized carbons (Fsp3) is 0.619. The maximum atomic E-state index is 12.5. The van der Waals surface area contributed by atoms with Crippen molar-refractivity contribution in [3.63, 3.8) is 0 Å². The predicted molar refractivity (Wildman–Crippen MR) is 102 cm³/mol. The van der Waals surface area contributed by atoms with Gasteiger partial charge in [-0.1, -0.05) is 25.3 Å². The largest absolute Gasteiger partial charge is 0.391 e. The number of hydrogen-bond acceptors (Lipinski definition) is 3.